The van der Waals surface area contributed by atoms with Crippen LogP contribution in [0.1, 0.15) is 92.4 Å². The van der Waals surface area contributed by atoms with E-state index in [0.717, 1.165) is 92.7 Å². The highest BCUT2D eigenvalue weighted by atomic mass is 16.5. The minimum absolute atomic E-state index is 0.109. The molecule has 3 aromatic rings. The van der Waals surface area contributed by atoms with Gasteiger partial charge >= 0.3 is 6.03 Å². The molecule has 47 heavy (non-hydrogen) atoms. The first-order chi connectivity index (χ1) is 23.0. The molecule has 2 aromatic heterocycles. The molecule has 2 saturated heterocycles. The number of likely N-dealkylation sites (tertiary alicyclic amines) is 2. The number of ether oxygens (including phenoxy) is 1. The van der Waals surface area contributed by atoms with Gasteiger partial charge in [-0.25, -0.2) is 14.5 Å². The van der Waals surface area contributed by atoms with E-state index in [-0.39, 0.29) is 18.0 Å². The second-order valence-electron chi connectivity index (χ2n) is 12.9. The minimum Gasteiger partial charge on any atom is -0.381 e. The molecule has 4 N–H and O–H groups in total. The number of piperidine rings is 1. The maximum Gasteiger partial charge on any atom is 0.314 e. The molecule has 256 valence electrons. The molecule has 2 aliphatic heterocycles. The van der Waals surface area contributed by atoms with Gasteiger partial charge in [0, 0.05) is 62.3 Å². The van der Waals surface area contributed by atoms with E-state index in [1.807, 2.05) is 23.0 Å². The van der Waals surface area contributed by atoms with Gasteiger partial charge < -0.3 is 30.9 Å². The summed E-state index contributed by atoms with van der Waals surface area (Å²) in [5.74, 6) is -0.109. The van der Waals surface area contributed by atoms with Gasteiger partial charge in [-0.05, 0) is 108 Å². The van der Waals surface area contributed by atoms with E-state index >= 15 is 0 Å². The van der Waals surface area contributed by atoms with Crippen LogP contribution in [-0.4, -0.2) is 88.5 Å². The van der Waals surface area contributed by atoms with Crippen molar-refractivity contribution in [3.8, 4) is 0 Å². The predicted molar refractivity (Wildman–Crippen MR) is 187 cm³/mol. The summed E-state index contributed by atoms with van der Waals surface area (Å²) in [6, 6.07) is 7.75. The van der Waals surface area contributed by atoms with Crippen molar-refractivity contribution >= 4 is 28.7 Å². The molecule has 11 nitrogen and oxygen atoms in total. The van der Waals surface area contributed by atoms with E-state index < -0.39 is 0 Å². The summed E-state index contributed by atoms with van der Waals surface area (Å²) < 4.78 is 7.76. The molecule has 0 aliphatic carbocycles. The van der Waals surface area contributed by atoms with E-state index in [1.165, 1.54) is 44.5 Å². The first kappa shape index (κ1) is 34.6. The van der Waals surface area contributed by atoms with E-state index in [2.05, 4.69) is 46.6 Å². The van der Waals surface area contributed by atoms with E-state index in [0.29, 0.717) is 25.2 Å². The van der Waals surface area contributed by atoms with Crippen LogP contribution in [0.5, 0.6) is 0 Å². The smallest absolute Gasteiger partial charge is 0.314 e. The molecular weight excluding hydrogens is 592 g/mol. The van der Waals surface area contributed by atoms with Crippen molar-refractivity contribution < 1.29 is 14.3 Å². The molecule has 4 heterocycles. The molecule has 0 saturated carbocycles. The van der Waals surface area contributed by atoms with Gasteiger partial charge in [-0.3, -0.25) is 4.79 Å². The number of hydrogen-bond acceptors (Lipinski definition) is 7. The number of nitrogens with two attached hydrogens (primary N) is 1. The van der Waals surface area contributed by atoms with Gasteiger partial charge in [0.05, 0.1) is 17.3 Å². The molecule has 1 aromatic carbocycles. The molecular formula is C36H54N8O3. The molecule has 0 unspecified atom stereocenters. The lowest BCUT2D eigenvalue weighted by atomic mass is 10.0. The Labute approximate surface area is 279 Å². The maximum atomic E-state index is 13.3. The Morgan fingerprint density at radius 3 is 2.38 bits per heavy atom. The number of aryl methyl sites for hydroxylation is 3. The van der Waals surface area contributed by atoms with Crippen molar-refractivity contribution in [2.45, 2.75) is 97.2 Å². The molecule has 11 heteroatoms. The van der Waals surface area contributed by atoms with E-state index in [1.54, 1.807) is 4.90 Å². The summed E-state index contributed by atoms with van der Waals surface area (Å²) in [4.78, 5) is 34.2. The van der Waals surface area contributed by atoms with Crippen molar-refractivity contribution in [3.63, 3.8) is 0 Å². The highest BCUT2D eigenvalue weighted by Crippen LogP contribution is 2.31. The van der Waals surface area contributed by atoms with Crippen LogP contribution < -0.4 is 16.4 Å². The Morgan fingerprint density at radius 1 is 0.979 bits per heavy atom. The van der Waals surface area contributed by atoms with E-state index in [9.17, 15) is 9.59 Å². The van der Waals surface area contributed by atoms with Gasteiger partial charge in [0.1, 0.15) is 0 Å². The Kier molecular flexibility index (Phi) is 12.9. The van der Waals surface area contributed by atoms with Gasteiger partial charge in [0.25, 0.3) is 5.91 Å². The van der Waals surface area contributed by atoms with Crippen molar-refractivity contribution in [1.82, 2.24) is 29.9 Å². The molecule has 0 radical (unpaired) electrons. The van der Waals surface area contributed by atoms with Gasteiger partial charge in [-0.2, -0.15) is 5.10 Å². The molecule has 2 aliphatic rings. The molecule has 0 atom stereocenters. The first-order valence-electron chi connectivity index (χ1n) is 17.8. The van der Waals surface area contributed by atoms with Gasteiger partial charge in [0.2, 0.25) is 0 Å². The zero-order valence-electron chi connectivity index (χ0n) is 28.4. The van der Waals surface area contributed by atoms with Crippen molar-refractivity contribution in [2.24, 2.45) is 5.73 Å². The molecule has 2 fully saturated rings. The number of carbonyl (C=O) groups excluding carboxylic acids is 2. The molecule has 5 rings (SSSR count). The number of carbonyl (C=O) groups is 2. The number of unbranched alkanes of at least 4 members (excludes halogenated alkanes) is 2. The summed E-state index contributed by atoms with van der Waals surface area (Å²) in [7, 11) is 0. The van der Waals surface area contributed by atoms with Crippen molar-refractivity contribution in [2.75, 3.05) is 51.3 Å². The van der Waals surface area contributed by atoms with Crippen LogP contribution in [0.25, 0.3) is 11.0 Å². The fourth-order valence-corrected chi connectivity index (χ4v) is 6.78. The third kappa shape index (κ3) is 9.44. The SMILES string of the molecule is CCc1nc2c(cnn2CC)c(NC2CCN(C(N)=O)CC2)c1CNC(=O)c1ccc(CCCCOCCCCN2CCCC2)cc1. The number of benzene rings is 1. The Bertz CT molecular complexity index is 1440. The van der Waals surface area contributed by atoms with Crippen LogP contribution >= 0.6 is 0 Å². The Morgan fingerprint density at radius 2 is 1.70 bits per heavy atom. The lowest BCUT2D eigenvalue weighted by molar-refractivity contribution is 0.0951. The largest absolute Gasteiger partial charge is 0.381 e. The third-order valence-corrected chi connectivity index (χ3v) is 9.62. The fourth-order valence-electron chi connectivity index (χ4n) is 6.78. The fraction of sp³-hybridized carbons (Fsp3) is 0.611. The normalized spacial score (nSPS) is 15.8. The van der Waals surface area contributed by atoms with Gasteiger partial charge in [-0.1, -0.05) is 19.1 Å². The number of amides is 3. The minimum atomic E-state index is -0.373. The first-order valence-corrected chi connectivity index (χ1v) is 17.8. The maximum absolute atomic E-state index is 13.3. The number of fused-ring (bicyclic) bond motifs is 1. The number of hydrogen-bond donors (Lipinski definition) is 3. The number of aromatic nitrogens is 3. The number of pyridine rings is 1. The highest BCUT2D eigenvalue weighted by molar-refractivity contribution is 5.95. The van der Waals surface area contributed by atoms with Crippen LogP contribution in [0.2, 0.25) is 0 Å². The monoisotopic (exact) mass is 646 g/mol. The van der Waals surface area contributed by atoms with Crippen LogP contribution in [-0.2, 0) is 30.7 Å². The lowest BCUT2D eigenvalue weighted by Gasteiger charge is -2.32. The standard InChI is InChI=1S/C36H54N8O3/c1-3-32-30(33(31-26-39-44(4-2)34(31)41-32)40-29-16-21-43(22-17-29)36(37)46)25-38-35(45)28-14-12-27(13-15-28)11-5-9-23-47-24-10-8-20-42-18-6-7-19-42/h12-15,26,29H,3-11,16-25H2,1-2H3,(H2,37,46)(H,38,45)(H,40,41). The summed E-state index contributed by atoms with van der Waals surface area (Å²) >= 11 is 0. The van der Waals surface area contributed by atoms with Crippen molar-refractivity contribution in [1.29, 1.82) is 0 Å². The van der Waals surface area contributed by atoms with Gasteiger partial charge in [0.15, 0.2) is 5.65 Å². The number of urea groups is 1. The topological polar surface area (TPSA) is 131 Å². The molecule has 3 amide bonds. The number of rotatable bonds is 17. The second kappa shape index (κ2) is 17.5. The van der Waals surface area contributed by atoms with E-state index in [4.69, 9.17) is 15.5 Å². The zero-order valence-corrected chi connectivity index (χ0v) is 28.4. The predicted octanol–water partition coefficient (Wildman–Crippen LogP) is 5.11. The average molecular weight is 647 g/mol. The highest BCUT2D eigenvalue weighted by Gasteiger charge is 2.25. The van der Waals surface area contributed by atoms with Crippen LogP contribution in [0.4, 0.5) is 10.5 Å². The van der Waals surface area contributed by atoms with Crippen molar-refractivity contribution in [3.05, 3.63) is 52.8 Å². The second-order valence-corrected chi connectivity index (χ2v) is 12.9. The molecule has 0 spiro atoms. The zero-order chi connectivity index (χ0) is 33.0. The third-order valence-electron chi connectivity index (χ3n) is 9.62. The number of primary amides is 1. The summed E-state index contributed by atoms with van der Waals surface area (Å²) in [5.41, 5.74) is 11.1. The average Bonchev–Trinajstić information content (AvgIpc) is 3.77. The summed E-state index contributed by atoms with van der Waals surface area (Å²) in [6.45, 7) is 11.9. The van der Waals surface area contributed by atoms with Gasteiger partial charge in [-0.15, -0.1) is 0 Å². The summed E-state index contributed by atoms with van der Waals surface area (Å²) in [6.07, 6.45) is 12.3. The van der Waals surface area contributed by atoms with Crippen LogP contribution in [0, 0.1) is 0 Å². The quantitative estimate of drug-likeness (QED) is 0.174. The van der Waals surface area contributed by atoms with Crippen LogP contribution in [0.3, 0.4) is 0 Å². The number of nitrogens with one attached hydrogen (secondary N) is 2. The lowest BCUT2D eigenvalue weighted by Crippen LogP contribution is -2.44. The molecule has 0 bridgehead atoms. The summed E-state index contributed by atoms with van der Waals surface area (Å²) in [5, 5.41) is 12.4. The Hall–Kier alpha value is -3.70. The van der Waals surface area contributed by atoms with Crippen LogP contribution in [0.15, 0.2) is 30.5 Å². The number of nitrogens with zero attached hydrogens (tertiary/aromatic N) is 5. The Balaban J connectivity index is 1.12. The number of anilines is 1.